The van der Waals surface area contributed by atoms with E-state index >= 15 is 0 Å². The first-order chi connectivity index (χ1) is 15.1. The molecule has 3 N–H and O–H groups in total. The standard InChI is InChI=1S/C20H28ClN5O6/c1-20(2,3)32-19(30)25(10-6-4-5-7-10)15-11-8-22-26(16(11)24-18(21)23-15)17-14(29)13(28)12(9-27)31-17/h8,10,12-14,17,27-29H,4-7,9H2,1-3H3/t12-,13-,14-,17-/m1/s1. The number of rotatable bonds is 4. The summed E-state index contributed by atoms with van der Waals surface area (Å²) >= 11 is 6.23. The van der Waals surface area contributed by atoms with Crippen LogP contribution < -0.4 is 4.90 Å². The summed E-state index contributed by atoms with van der Waals surface area (Å²) in [7, 11) is 0. The van der Waals surface area contributed by atoms with Crippen molar-refractivity contribution in [3.05, 3.63) is 11.5 Å². The van der Waals surface area contributed by atoms with Crippen LogP contribution >= 0.6 is 11.6 Å². The van der Waals surface area contributed by atoms with Gasteiger partial charge in [-0.1, -0.05) is 12.8 Å². The zero-order valence-electron chi connectivity index (χ0n) is 18.2. The number of anilines is 1. The Hall–Kier alpha value is -2.05. The van der Waals surface area contributed by atoms with Gasteiger partial charge >= 0.3 is 6.09 Å². The van der Waals surface area contributed by atoms with E-state index in [1.54, 1.807) is 20.8 Å². The van der Waals surface area contributed by atoms with Crippen LogP contribution in [0.25, 0.3) is 11.0 Å². The highest BCUT2D eigenvalue weighted by molar-refractivity contribution is 6.28. The summed E-state index contributed by atoms with van der Waals surface area (Å²) in [5.74, 6) is 0.263. The van der Waals surface area contributed by atoms with Crippen LogP contribution in [-0.2, 0) is 9.47 Å². The molecule has 11 nitrogen and oxygen atoms in total. The number of halogens is 1. The van der Waals surface area contributed by atoms with Gasteiger partial charge in [-0.3, -0.25) is 4.90 Å². The fraction of sp³-hybridized carbons (Fsp3) is 0.700. The van der Waals surface area contributed by atoms with Crippen LogP contribution in [0.1, 0.15) is 52.7 Å². The third kappa shape index (κ3) is 4.27. The maximum Gasteiger partial charge on any atom is 0.416 e. The lowest BCUT2D eigenvalue weighted by atomic mass is 10.1. The molecule has 2 aliphatic rings. The molecule has 32 heavy (non-hydrogen) atoms. The second-order valence-corrected chi connectivity index (χ2v) is 9.50. The van der Waals surface area contributed by atoms with Gasteiger partial charge in [0.05, 0.1) is 18.2 Å². The van der Waals surface area contributed by atoms with E-state index in [4.69, 9.17) is 21.1 Å². The Morgan fingerprint density at radius 1 is 1.28 bits per heavy atom. The van der Waals surface area contributed by atoms with Crippen molar-refractivity contribution in [3.63, 3.8) is 0 Å². The minimum absolute atomic E-state index is 0.115. The third-order valence-corrected chi connectivity index (χ3v) is 5.84. The molecule has 1 aliphatic heterocycles. The molecule has 2 fully saturated rings. The maximum atomic E-state index is 13.2. The Morgan fingerprint density at radius 2 is 1.97 bits per heavy atom. The average molecular weight is 470 g/mol. The smallest absolute Gasteiger partial charge is 0.416 e. The molecule has 1 saturated carbocycles. The van der Waals surface area contributed by atoms with E-state index in [0.717, 1.165) is 25.7 Å². The van der Waals surface area contributed by atoms with Crippen molar-refractivity contribution in [2.24, 2.45) is 0 Å². The summed E-state index contributed by atoms with van der Waals surface area (Å²) < 4.78 is 12.5. The second kappa shape index (κ2) is 8.71. The molecule has 0 unspecified atom stereocenters. The SMILES string of the molecule is CC(C)(C)OC(=O)N(c1nc(Cl)nc2c1cnn2[C@@H]1O[C@H](CO)[C@@H](O)[C@H]1O)C1CCCC1. The number of aliphatic hydroxyl groups excluding tert-OH is 3. The number of aromatic nitrogens is 4. The van der Waals surface area contributed by atoms with Crippen molar-refractivity contribution in [2.45, 2.75) is 82.6 Å². The molecule has 0 spiro atoms. The summed E-state index contributed by atoms with van der Waals surface area (Å²) in [4.78, 5) is 23.3. The van der Waals surface area contributed by atoms with Crippen molar-refractivity contribution in [1.82, 2.24) is 19.7 Å². The Kier molecular flexibility index (Phi) is 6.29. The van der Waals surface area contributed by atoms with Crippen molar-refractivity contribution in [3.8, 4) is 0 Å². The molecule has 2 aromatic rings. The lowest BCUT2D eigenvalue weighted by molar-refractivity contribution is -0.0566. The van der Waals surface area contributed by atoms with E-state index in [1.807, 2.05) is 0 Å². The first-order valence-corrected chi connectivity index (χ1v) is 11.0. The van der Waals surface area contributed by atoms with Crippen LogP contribution in [0.15, 0.2) is 6.20 Å². The van der Waals surface area contributed by atoms with Crippen LogP contribution in [0.5, 0.6) is 0 Å². The van der Waals surface area contributed by atoms with Crippen molar-refractivity contribution >= 4 is 34.5 Å². The number of amides is 1. The molecular weight excluding hydrogens is 442 g/mol. The minimum atomic E-state index is -1.34. The summed E-state index contributed by atoms with van der Waals surface area (Å²) in [6, 6.07) is -0.115. The number of ether oxygens (including phenoxy) is 2. The van der Waals surface area contributed by atoms with Crippen molar-refractivity contribution < 1.29 is 29.6 Å². The summed E-state index contributed by atoms with van der Waals surface area (Å²) in [5, 5.41) is 34.5. The molecule has 1 aliphatic carbocycles. The van der Waals surface area contributed by atoms with Gasteiger partial charge in [-0.25, -0.2) is 9.48 Å². The number of carbonyl (C=O) groups is 1. The Labute approximate surface area is 189 Å². The summed E-state index contributed by atoms with van der Waals surface area (Å²) in [6.07, 6.45) is -0.231. The van der Waals surface area contributed by atoms with Crippen molar-refractivity contribution in [1.29, 1.82) is 0 Å². The summed E-state index contributed by atoms with van der Waals surface area (Å²) in [6.45, 7) is 4.91. The normalized spacial score (nSPS) is 26.7. The van der Waals surface area contributed by atoms with Gasteiger partial charge in [0.1, 0.15) is 23.9 Å². The van der Waals surface area contributed by atoms with E-state index < -0.39 is 42.8 Å². The first kappa shape index (κ1) is 23.1. The Balaban J connectivity index is 1.79. The molecule has 4 atom stereocenters. The predicted molar refractivity (Wildman–Crippen MR) is 114 cm³/mol. The highest BCUT2D eigenvalue weighted by atomic mass is 35.5. The number of nitrogens with zero attached hydrogens (tertiary/aromatic N) is 5. The molecule has 1 saturated heterocycles. The fourth-order valence-electron chi connectivity index (χ4n) is 4.22. The first-order valence-electron chi connectivity index (χ1n) is 10.7. The van der Waals surface area contributed by atoms with Crippen molar-refractivity contribution in [2.75, 3.05) is 11.5 Å². The van der Waals surface area contributed by atoms with E-state index in [0.29, 0.717) is 5.39 Å². The van der Waals surface area contributed by atoms with Gasteiger partial charge in [0.15, 0.2) is 17.7 Å². The molecule has 4 rings (SSSR count). The van der Waals surface area contributed by atoms with Crippen LogP contribution in [0, 0.1) is 0 Å². The third-order valence-electron chi connectivity index (χ3n) is 5.67. The highest BCUT2D eigenvalue weighted by Gasteiger charge is 2.45. The Morgan fingerprint density at radius 3 is 2.56 bits per heavy atom. The van der Waals surface area contributed by atoms with Gasteiger partial charge in [-0.2, -0.15) is 15.1 Å². The van der Waals surface area contributed by atoms with Crippen LogP contribution in [0.3, 0.4) is 0 Å². The largest absolute Gasteiger partial charge is 0.443 e. The van der Waals surface area contributed by atoms with Gasteiger partial charge in [0.2, 0.25) is 5.28 Å². The van der Waals surface area contributed by atoms with Crippen LogP contribution in [-0.4, -0.2) is 77.7 Å². The van der Waals surface area contributed by atoms with E-state index in [-0.39, 0.29) is 22.8 Å². The van der Waals surface area contributed by atoms with Gasteiger partial charge < -0.3 is 24.8 Å². The van der Waals surface area contributed by atoms with Gasteiger partial charge in [0.25, 0.3) is 0 Å². The van der Waals surface area contributed by atoms with E-state index in [1.165, 1.54) is 15.8 Å². The molecule has 0 bridgehead atoms. The molecule has 12 heteroatoms. The number of aliphatic hydroxyl groups is 3. The maximum absolute atomic E-state index is 13.2. The Bertz CT molecular complexity index is 989. The zero-order chi connectivity index (χ0) is 23.2. The lowest BCUT2D eigenvalue weighted by Gasteiger charge is -2.31. The van der Waals surface area contributed by atoms with E-state index in [2.05, 4.69) is 15.1 Å². The van der Waals surface area contributed by atoms with Crippen LogP contribution in [0.2, 0.25) is 5.28 Å². The quantitative estimate of drug-likeness (QED) is 0.570. The minimum Gasteiger partial charge on any atom is -0.443 e. The summed E-state index contributed by atoms with van der Waals surface area (Å²) in [5.41, 5.74) is -0.480. The predicted octanol–water partition coefficient (Wildman–Crippen LogP) is 1.78. The van der Waals surface area contributed by atoms with Gasteiger partial charge in [0, 0.05) is 6.04 Å². The van der Waals surface area contributed by atoms with E-state index in [9.17, 15) is 20.1 Å². The lowest BCUT2D eigenvalue weighted by Crippen LogP contribution is -2.43. The number of fused-ring (bicyclic) bond motifs is 1. The second-order valence-electron chi connectivity index (χ2n) is 9.16. The molecule has 0 aromatic carbocycles. The number of carbonyl (C=O) groups excluding carboxylic acids is 1. The van der Waals surface area contributed by atoms with Gasteiger partial charge in [-0.05, 0) is 45.2 Å². The molecule has 176 valence electrons. The van der Waals surface area contributed by atoms with Crippen LogP contribution in [0.4, 0.5) is 10.6 Å². The molecular formula is C20H28ClN5O6. The number of hydrogen-bond donors (Lipinski definition) is 3. The molecule has 2 aromatic heterocycles. The number of hydrogen-bond acceptors (Lipinski definition) is 9. The molecule has 1 amide bonds. The topological polar surface area (TPSA) is 143 Å². The van der Waals surface area contributed by atoms with Gasteiger partial charge in [-0.15, -0.1) is 0 Å². The highest BCUT2D eigenvalue weighted by Crippen LogP contribution is 2.36. The fourth-order valence-corrected chi connectivity index (χ4v) is 4.38. The average Bonchev–Trinajstić information content (AvgIpc) is 3.42. The zero-order valence-corrected chi connectivity index (χ0v) is 18.9. The monoisotopic (exact) mass is 469 g/mol. The molecule has 3 heterocycles. The molecule has 0 radical (unpaired) electrons.